The lowest BCUT2D eigenvalue weighted by Crippen LogP contribution is -2.01. The first-order chi connectivity index (χ1) is 11.7. The van der Waals surface area contributed by atoms with Gasteiger partial charge in [0.05, 0.1) is 10.7 Å². The van der Waals surface area contributed by atoms with Gasteiger partial charge in [0.25, 0.3) is 0 Å². The zero-order chi connectivity index (χ0) is 16.9. The first-order valence-corrected chi connectivity index (χ1v) is 8.50. The van der Waals surface area contributed by atoms with Gasteiger partial charge in [0.1, 0.15) is 18.2 Å². The molecule has 0 atom stereocenters. The maximum atomic E-state index is 12.9. The van der Waals surface area contributed by atoms with Crippen LogP contribution in [0.4, 0.5) is 4.39 Å². The maximum Gasteiger partial charge on any atom is 0.193 e. The number of ether oxygens (including phenoxy) is 1. The number of benzene rings is 2. The summed E-state index contributed by atoms with van der Waals surface area (Å²) in [5, 5.41) is 3.08. The van der Waals surface area contributed by atoms with Gasteiger partial charge in [-0.1, -0.05) is 6.92 Å². The molecule has 122 valence electrons. The summed E-state index contributed by atoms with van der Waals surface area (Å²) in [7, 11) is 0. The molecule has 0 aliphatic rings. The van der Waals surface area contributed by atoms with E-state index in [4.69, 9.17) is 4.74 Å². The summed E-state index contributed by atoms with van der Waals surface area (Å²) >= 11 is 1.63. The molecule has 0 unspecified atom stereocenters. The Bertz CT molecular complexity index is 825. The number of thiazole rings is 1. The number of aryl methyl sites for hydroxylation is 1. The van der Waals surface area contributed by atoms with Crippen LogP contribution in [0, 0.1) is 5.82 Å². The molecule has 0 fully saturated rings. The van der Waals surface area contributed by atoms with Gasteiger partial charge in [0.15, 0.2) is 5.78 Å². The largest absolute Gasteiger partial charge is 0.487 e. The first kappa shape index (κ1) is 16.3. The summed E-state index contributed by atoms with van der Waals surface area (Å²) in [5.74, 6) is 0.175. The standard InChI is InChI=1S/C19H16FNO2S/c1-2-18-21-16(12-24-18)11-23-17-9-5-14(6-10-17)19(22)13-3-7-15(20)8-4-13/h3-10,12H,2,11H2,1H3. The Balaban J connectivity index is 1.64. The van der Waals surface area contributed by atoms with Crippen molar-refractivity contribution in [2.75, 3.05) is 0 Å². The molecule has 2 aromatic carbocycles. The Labute approximate surface area is 143 Å². The smallest absolute Gasteiger partial charge is 0.193 e. The molecule has 0 saturated carbocycles. The minimum absolute atomic E-state index is 0.145. The lowest BCUT2D eigenvalue weighted by Gasteiger charge is -2.06. The van der Waals surface area contributed by atoms with Crippen molar-refractivity contribution in [2.24, 2.45) is 0 Å². The molecule has 24 heavy (non-hydrogen) atoms. The number of hydrogen-bond donors (Lipinski definition) is 0. The van der Waals surface area contributed by atoms with E-state index in [1.807, 2.05) is 5.38 Å². The van der Waals surface area contributed by atoms with Crippen molar-refractivity contribution in [1.29, 1.82) is 0 Å². The highest BCUT2D eigenvalue weighted by atomic mass is 32.1. The third kappa shape index (κ3) is 3.86. The lowest BCUT2D eigenvalue weighted by atomic mass is 10.0. The summed E-state index contributed by atoms with van der Waals surface area (Å²) in [6, 6.07) is 12.4. The second-order valence-electron chi connectivity index (χ2n) is 5.24. The van der Waals surface area contributed by atoms with Gasteiger partial charge in [-0.3, -0.25) is 4.79 Å². The molecule has 1 aromatic heterocycles. The van der Waals surface area contributed by atoms with E-state index in [0.29, 0.717) is 23.5 Å². The van der Waals surface area contributed by atoms with Crippen LogP contribution in [0.5, 0.6) is 5.75 Å². The molecule has 0 aliphatic heterocycles. The van der Waals surface area contributed by atoms with Crippen LogP contribution in [-0.4, -0.2) is 10.8 Å². The van der Waals surface area contributed by atoms with E-state index >= 15 is 0 Å². The maximum absolute atomic E-state index is 12.9. The monoisotopic (exact) mass is 341 g/mol. The minimum atomic E-state index is -0.358. The van der Waals surface area contributed by atoms with Crippen LogP contribution < -0.4 is 4.74 Å². The highest BCUT2D eigenvalue weighted by Crippen LogP contribution is 2.18. The van der Waals surface area contributed by atoms with E-state index in [9.17, 15) is 9.18 Å². The molecule has 3 rings (SSSR count). The quantitative estimate of drug-likeness (QED) is 0.612. The summed E-state index contributed by atoms with van der Waals surface area (Å²) in [5.41, 5.74) is 1.90. The molecule has 0 aliphatic carbocycles. The SMILES string of the molecule is CCc1nc(COc2ccc(C(=O)c3ccc(F)cc3)cc2)cs1. The van der Waals surface area contributed by atoms with Crippen molar-refractivity contribution in [3.05, 3.63) is 81.6 Å². The van der Waals surface area contributed by atoms with Crippen LogP contribution in [0.25, 0.3) is 0 Å². The fourth-order valence-corrected chi connectivity index (χ4v) is 2.93. The number of nitrogens with zero attached hydrogens (tertiary/aromatic N) is 1. The number of aromatic nitrogens is 1. The lowest BCUT2D eigenvalue weighted by molar-refractivity contribution is 0.103. The highest BCUT2D eigenvalue weighted by Gasteiger charge is 2.09. The van der Waals surface area contributed by atoms with Crippen molar-refractivity contribution in [2.45, 2.75) is 20.0 Å². The Morgan fingerprint density at radius 3 is 2.29 bits per heavy atom. The molecule has 0 bridgehead atoms. The van der Waals surface area contributed by atoms with Gasteiger partial charge >= 0.3 is 0 Å². The van der Waals surface area contributed by atoms with Crippen molar-refractivity contribution < 1.29 is 13.9 Å². The predicted octanol–water partition coefficient (Wildman–Crippen LogP) is 4.65. The molecule has 0 spiro atoms. The van der Waals surface area contributed by atoms with Gasteiger partial charge in [-0.05, 0) is 55.0 Å². The molecule has 0 amide bonds. The first-order valence-electron chi connectivity index (χ1n) is 7.62. The summed E-state index contributed by atoms with van der Waals surface area (Å²) < 4.78 is 18.6. The molecular formula is C19H16FNO2S. The fraction of sp³-hybridized carbons (Fsp3) is 0.158. The second kappa shape index (κ2) is 7.36. The van der Waals surface area contributed by atoms with Gasteiger partial charge in [0, 0.05) is 16.5 Å². The molecule has 5 heteroatoms. The minimum Gasteiger partial charge on any atom is -0.487 e. The highest BCUT2D eigenvalue weighted by molar-refractivity contribution is 7.09. The summed E-state index contributed by atoms with van der Waals surface area (Å²) in [4.78, 5) is 16.8. The number of hydrogen-bond acceptors (Lipinski definition) is 4. The van der Waals surface area contributed by atoms with Gasteiger partial charge in [-0.15, -0.1) is 11.3 Å². The van der Waals surface area contributed by atoms with Crippen LogP contribution in [-0.2, 0) is 13.0 Å². The van der Waals surface area contributed by atoms with Crippen molar-refractivity contribution in [1.82, 2.24) is 4.98 Å². The molecular weight excluding hydrogens is 325 g/mol. The van der Waals surface area contributed by atoms with E-state index in [0.717, 1.165) is 17.1 Å². The van der Waals surface area contributed by atoms with Crippen LogP contribution in [0.15, 0.2) is 53.9 Å². The zero-order valence-electron chi connectivity index (χ0n) is 13.2. The average molecular weight is 341 g/mol. The number of carbonyl (C=O) groups is 1. The van der Waals surface area contributed by atoms with Gasteiger partial charge < -0.3 is 4.74 Å². The van der Waals surface area contributed by atoms with Crippen LogP contribution >= 0.6 is 11.3 Å². The average Bonchev–Trinajstić information content (AvgIpc) is 3.09. The topological polar surface area (TPSA) is 39.2 Å². The Hall–Kier alpha value is -2.53. The van der Waals surface area contributed by atoms with Gasteiger partial charge in [0.2, 0.25) is 0 Å². The van der Waals surface area contributed by atoms with Crippen LogP contribution in [0.2, 0.25) is 0 Å². The Morgan fingerprint density at radius 2 is 1.71 bits per heavy atom. The van der Waals surface area contributed by atoms with E-state index in [2.05, 4.69) is 11.9 Å². The Morgan fingerprint density at radius 1 is 1.08 bits per heavy atom. The summed E-state index contributed by atoms with van der Waals surface area (Å²) in [6.45, 7) is 2.47. The van der Waals surface area contributed by atoms with Crippen LogP contribution in [0.3, 0.4) is 0 Å². The van der Waals surface area contributed by atoms with Crippen molar-refractivity contribution >= 4 is 17.1 Å². The third-order valence-electron chi connectivity index (χ3n) is 3.51. The van der Waals surface area contributed by atoms with Crippen molar-refractivity contribution in [3.63, 3.8) is 0 Å². The molecule has 0 saturated heterocycles. The molecule has 0 N–H and O–H groups in total. The van der Waals surface area contributed by atoms with Gasteiger partial charge in [-0.2, -0.15) is 0 Å². The van der Waals surface area contributed by atoms with E-state index in [1.54, 1.807) is 35.6 Å². The normalized spacial score (nSPS) is 10.6. The number of ketones is 1. The second-order valence-corrected chi connectivity index (χ2v) is 6.18. The number of carbonyl (C=O) groups excluding carboxylic acids is 1. The summed E-state index contributed by atoms with van der Waals surface area (Å²) in [6.07, 6.45) is 0.921. The van der Waals surface area contributed by atoms with Crippen LogP contribution in [0.1, 0.15) is 33.5 Å². The van der Waals surface area contributed by atoms with Crippen molar-refractivity contribution in [3.8, 4) is 5.75 Å². The Kier molecular flexibility index (Phi) is 5.01. The van der Waals surface area contributed by atoms with E-state index in [-0.39, 0.29) is 11.6 Å². The van der Waals surface area contributed by atoms with E-state index < -0.39 is 0 Å². The number of rotatable bonds is 6. The predicted molar refractivity (Wildman–Crippen MR) is 92.1 cm³/mol. The molecule has 1 heterocycles. The zero-order valence-corrected chi connectivity index (χ0v) is 14.0. The van der Waals surface area contributed by atoms with Gasteiger partial charge in [-0.25, -0.2) is 9.37 Å². The van der Waals surface area contributed by atoms with E-state index in [1.165, 1.54) is 24.3 Å². The molecule has 0 radical (unpaired) electrons. The molecule has 3 aromatic rings. The molecule has 3 nitrogen and oxygen atoms in total. The fourth-order valence-electron chi connectivity index (χ4n) is 2.21. The third-order valence-corrected chi connectivity index (χ3v) is 4.55. The number of halogens is 1.